The van der Waals surface area contributed by atoms with Crippen molar-refractivity contribution in [1.82, 2.24) is 0 Å². The van der Waals surface area contributed by atoms with Crippen molar-refractivity contribution >= 4 is 71.3 Å². The molecule has 0 bridgehead atoms. The van der Waals surface area contributed by atoms with E-state index in [2.05, 4.69) is 18.2 Å². The van der Waals surface area contributed by atoms with Gasteiger partial charge < -0.3 is 9.32 Å². The Morgan fingerprint density at radius 3 is 2.05 bits per heavy atom. The van der Waals surface area contributed by atoms with Gasteiger partial charge in [-0.2, -0.15) is 0 Å². The van der Waals surface area contributed by atoms with Crippen molar-refractivity contribution < 1.29 is 14.0 Å². The molecule has 0 saturated carbocycles. The predicted octanol–water partition coefficient (Wildman–Crippen LogP) is 12.2. The zero-order chi connectivity index (χ0) is 35.1. The van der Waals surface area contributed by atoms with E-state index in [1.54, 1.807) is 0 Å². The third-order valence-corrected chi connectivity index (χ3v) is 8.32. The van der Waals surface area contributed by atoms with Crippen LogP contribution in [0.4, 0.5) is 17.1 Å². The maximum absolute atomic E-state index is 9.40. The summed E-state index contributed by atoms with van der Waals surface area (Å²) in [5.41, 5.74) is 4.46. The molecule has 8 aromatic carbocycles. The van der Waals surface area contributed by atoms with Crippen LogP contribution in [0.5, 0.6) is 0 Å². The SMILES string of the molecule is [2H]c1c([2H])c([2H])c2c(N(c3ccccc3-c3cccc4oc5cc6ccccc6cc5c34)c3cccc4ccccc34)c([2H])c([2H])c([2H])c2c1[2H]. The maximum Gasteiger partial charge on any atom is 0.136 e. The molecule has 0 saturated heterocycles. The molecule has 1 heterocycles. The molecule has 2 nitrogen and oxygen atoms in total. The van der Waals surface area contributed by atoms with Gasteiger partial charge in [0.05, 0.1) is 26.7 Å². The van der Waals surface area contributed by atoms with Crippen LogP contribution in [-0.4, -0.2) is 0 Å². The monoisotopic (exact) mass is 568 g/mol. The Balaban J connectivity index is 1.44. The molecule has 9 rings (SSSR count). The maximum atomic E-state index is 9.40. The minimum Gasteiger partial charge on any atom is -0.456 e. The Hall–Kier alpha value is -5.86. The van der Waals surface area contributed by atoms with Gasteiger partial charge in [0.15, 0.2) is 0 Å². The zero-order valence-electron chi connectivity index (χ0n) is 30.4. The highest BCUT2D eigenvalue weighted by molar-refractivity contribution is 6.17. The number of nitrogens with zero attached hydrogens (tertiary/aromatic N) is 1. The van der Waals surface area contributed by atoms with Crippen LogP contribution < -0.4 is 4.90 Å². The quantitative estimate of drug-likeness (QED) is 0.210. The van der Waals surface area contributed by atoms with E-state index < -0.39 is 30.2 Å². The Kier molecular flexibility index (Phi) is 4.17. The summed E-state index contributed by atoms with van der Waals surface area (Å²) in [6.07, 6.45) is 0. The fourth-order valence-electron chi connectivity index (χ4n) is 6.37. The van der Waals surface area contributed by atoms with Crippen molar-refractivity contribution in [1.29, 1.82) is 0 Å². The Morgan fingerprint density at radius 2 is 1.11 bits per heavy atom. The van der Waals surface area contributed by atoms with E-state index in [4.69, 9.17) is 12.6 Å². The number of benzene rings is 8. The van der Waals surface area contributed by atoms with Crippen molar-refractivity contribution in [2.45, 2.75) is 0 Å². The van der Waals surface area contributed by atoms with E-state index in [9.17, 15) is 1.37 Å². The van der Waals surface area contributed by atoms with Gasteiger partial charge in [0, 0.05) is 27.1 Å². The van der Waals surface area contributed by atoms with Crippen molar-refractivity contribution in [2.24, 2.45) is 0 Å². The number of furan rings is 1. The lowest BCUT2D eigenvalue weighted by Gasteiger charge is -2.30. The summed E-state index contributed by atoms with van der Waals surface area (Å²) < 4.78 is 68.5. The Labute approximate surface area is 264 Å². The fourth-order valence-corrected chi connectivity index (χ4v) is 6.37. The molecule has 0 fully saturated rings. The summed E-state index contributed by atoms with van der Waals surface area (Å²) in [6.45, 7) is 0. The van der Waals surface area contributed by atoms with Crippen LogP contribution in [0.25, 0.3) is 65.4 Å². The van der Waals surface area contributed by atoms with Crippen LogP contribution in [0.15, 0.2) is 168 Å². The van der Waals surface area contributed by atoms with Crippen LogP contribution >= 0.6 is 0 Å². The second-order valence-corrected chi connectivity index (χ2v) is 10.8. The highest BCUT2D eigenvalue weighted by Crippen LogP contribution is 2.47. The number of fused-ring (bicyclic) bond motifs is 6. The molecule has 206 valence electrons. The lowest BCUT2D eigenvalue weighted by Crippen LogP contribution is -2.12. The van der Waals surface area contributed by atoms with Gasteiger partial charge >= 0.3 is 0 Å². The summed E-state index contributed by atoms with van der Waals surface area (Å²) >= 11 is 0. The summed E-state index contributed by atoms with van der Waals surface area (Å²) in [7, 11) is 0. The summed E-state index contributed by atoms with van der Waals surface area (Å²) in [6, 6.07) is 36.7. The largest absolute Gasteiger partial charge is 0.456 e. The molecule has 0 atom stereocenters. The standard InChI is InChI=1S/C42H27NO/c1-2-15-31-27-41-36(26-30(31)14-1)42-35(21-11-25-40(42)44-41)34-20-7-8-22-39(34)43(37-23-9-16-28-12-3-5-18-32(28)37)38-24-10-17-29-13-4-6-19-33(29)38/h1-27H/i3D,5D,9D,12D,16D,18D,23D. The van der Waals surface area contributed by atoms with Crippen molar-refractivity contribution in [3.63, 3.8) is 0 Å². The number of rotatable bonds is 4. The third kappa shape index (κ3) is 3.82. The van der Waals surface area contributed by atoms with E-state index in [-0.39, 0.29) is 28.5 Å². The number of anilines is 3. The first-order valence-corrected chi connectivity index (χ1v) is 14.5. The molecule has 0 unspecified atom stereocenters. The average Bonchev–Trinajstić information content (AvgIpc) is 3.53. The van der Waals surface area contributed by atoms with Crippen LogP contribution in [0.3, 0.4) is 0 Å². The van der Waals surface area contributed by atoms with Gasteiger partial charge in [-0.3, -0.25) is 0 Å². The first kappa shape index (κ1) is 18.6. The number of hydrogen-bond acceptors (Lipinski definition) is 2. The second-order valence-electron chi connectivity index (χ2n) is 10.8. The smallest absolute Gasteiger partial charge is 0.136 e. The van der Waals surface area contributed by atoms with Gasteiger partial charge in [0.2, 0.25) is 0 Å². The van der Waals surface area contributed by atoms with Crippen molar-refractivity contribution in [3.05, 3.63) is 164 Å². The molecular formula is C42H27NO. The number of hydrogen-bond donors (Lipinski definition) is 0. The second kappa shape index (κ2) is 9.86. The molecule has 0 aliphatic carbocycles. The normalized spacial score (nSPS) is 13.9. The minimum atomic E-state index is -0.493. The molecule has 44 heavy (non-hydrogen) atoms. The first-order chi connectivity index (χ1) is 24.7. The van der Waals surface area contributed by atoms with Crippen LogP contribution in [0.2, 0.25) is 0 Å². The summed E-state index contributed by atoms with van der Waals surface area (Å²) in [5.74, 6) is 0. The molecule has 0 amide bonds. The molecule has 9 aromatic rings. The summed E-state index contributed by atoms with van der Waals surface area (Å²) in [4.78, 5) is 1.83. The van der Waals surface area contributed by atoms with Gasteiger partial charge in [-0.25, -0.2) is 0 Å². The van der Waals surface area contributed by atoms with Gasteiger partial charge in [-0.1, -0.05) is 127 Å². The van der Waals surface area contributed by atoms with E-state index in [1.807, 2.05) is 108 Å². The first-order valence-electron chi connectivity index (χ1n) is 18.0. The van der Waals surface area contributed by atoms with Gasteiger partial charge in [0.1, 0.15) is 11.2 Å². The topological polar surface area (TPSA) is 16.4 Å². The molecule has 0 spiro atoms. The fraction of sp³-hybridized carbons (Fsp3) is 0. The van der Waals surface area contributed by atoms with E-state index in [0.717, 1.165) is 49.0 Å². The molecule has 1 aromatic heterocycles. The van der Waals surface area contributed by atoms with Crippen LogP contribution in [0, 0.1) is 0 Å². The Morgan fingerprint density at radius 1 is 0.432 bits per heavy atom. The van der Waals surface area contributed by atoms with Gasteiger partial charge in [-0.15, -0.1) is 0 Å². The van der Waals surface area contributed by atoms with Crippen molar-refractivity contribution in [2.75, 3.05) is 4.90 Å². The molecule has 0 aliphatic rings. The van der Waals surface area contributed by atoms with E-state index in [1.165, 1.54) is 0 Å². The molecule has 0 radical (unpaired) electrons. The molecule has 0 aliphatic heterocycles. The predicted molar refractivity (Wildman–Crippen MR) is 186 cm³/mol. The average molecular weight is 569 g/mol. The zero-order valence-corrected chi connectivity index (χ0v) is 23.4. The Bertz CT molecular complexity index is 2900. The van der Waals surface area contributed by atoms with Crippen LogP contribution in [-0.2, 0) is 0 Å². The van der Waals surface area contributed by atoms with Gasteiger partial charge in [0.25, 0.3) is 0 Å². The molecule has 2 heteroatoms. The lowest BCUT2D eigenvalue weighted by atomic mass is 9.95. The molecule has 0 N–H and O–H groups in total. The third-order valence-electron chi connectivity index (χ3n) is 8.32. The van der Waals surface area contributed by atoms with Crippen LogP contribution in [0.1, 0.15) is 9.60 Å². The highest BCUT2D eigenvalue weighted by atomic mass is 16.3. The van der Waals surface area contributed by atoms with Gasteiger partial charge in [-0.05, 0) is 63.5 Å². The van der Waals surface area contributed by atoms with Crippen molar-refractivity contribution in [3.8, 4) is 11.1 Å². The number of para-hydroxylation sites is 1. The minimum absolute atomic E-state index is 0.00757. The summed E-state index contributed by atoms with van der Waals surface area (Å²) in [5, 5.41) is 5.66. The highest BCUT2D eigenvalue weighted by Gasteiger charge is 2.22. The van der Waals surface area contributed by atoms with E-state index in [0.29, 0.717) is 17.0 Å². The molecular weight excluding hydrogens is 534 g/mol. The van der Waals surface area contributed by atoms with E-state index >= 15 is 0 Å². The lowest BCUT2D eigenvalue weighted by molar-refractivity contribution is 0.669.